The molecule has 3 aromatic heterocycles. The maximum atomic E-state index is 13.7. The molecule has 0 unspecified atom stereocenters. The maximum Gasteiger partial charge on any atom is 0.332 e. The third-order valence-corrected chi connectivity index (χ3v) is 7.46. The van der Waals surface area contributed by atoms with Crippen LogP contribution in [0.25, 0.3) is 22.6 Å². The number of hydrogen-bond acceptors (Lipinski definition) is 5. The number of sulfonamides is 1. The Hall–Kier alpha value is -3.96. The lowest BCUT2D eigenvalue weighted by Gasteiger charge is -2.10. The fourth-order valence-electron chi connectivity index (χ4n) is 4.44. The molecule has 3 heterocycles. The predicted molar refractivity (Wildman–Crippen MR) is 133 cm³/mol. The number of hydrogen-bond donors (Lipinski definition) is 1. The molecule has 35 heavy (non-hydrogen) atoms. The Bertz CT molecular complexity index is 1870. The van der Waals surface area contributed by atoms with E-state index in [-0.39, 0.29) is 17.1 Å². The molecule has 0 aliphatic rings. The summed E-state index contributed by atoms with van der Waals surface area (Å²) in [7, 11) is -2.24. The maximum absolute atomic E-state index is 13.7. The minimum atomic E-state index is -3.83. The van der Waals surface area contributed by atoms with Crippen molar-refractivity contribution in [2.24, 2.45) is 12.2 Å². The molecule has 180 valence electrons. The molecule has 0 radical (unpaired) electrons. The molecule has 0 fully saturated rings. The summed E-state index contributed by atoms with van der Waals surface area (Å²) in [4.78, 5) is 31.5. The van der Waals surface area contributed by atoms with E-state index in [0.29, 0.717) is 17.0 Å². The van der Waals surface area contributed by atoms with Crippen molar-refractivity contribution in [3.63, 3.8) is 0 Å². The van der Waals surface area contributed by atoms with Crippen molar-refractivity contribution < 1.29 is 8.42 Å². The van der Waals surface area contributed by atoms with Crippen LogP contribution in [0.15, 0.2) is 63.0 Å². The fraction of sp³-hybridized carbons (Fsp3) is 0.208. The van der Waals surface area contributed by atoms with Gasteiger partial charge in [-0.25, -0.2) is 18.4 Å². The fourth-order valence-corrected chi connectivity index (χ4v) is 4.96. The van der Waals surface area contributed by atoms with Crippen LogP contribution in [0.1, 0.15) is 22.5 Å². The number of nitrogens with zero attached hydrogens (tertiary/aromatic N) is 5. The molecule has 0 saturated carbocycles. The summed E-state index contributed by atoms with van der Waals surface area (Å²) in [5.41, 5.74) is 3.80. The summed E-state index contributed by atoms with van der Waals surface area (Å²) < 4.78 is 29.5. The highest BCUT2D eigenvalue weighted by Gasteiger charge is 2.23. The lowest BCUT2D eigenvalue weighted by molar-refractivity contribution is 0.598. The molecule has 5 aromatic rings. The van der Waals surface area contributed by atoms with Gasteiger partial charge in [0.1, 0.15) is 0 Å². The Morgan fingerprint density at radius 1 is 0.943 bits per heavy atom. The van der Waals surface area contributed by atoms with Gasteiger partial charge in [0.05, 0.1) is 11.4 Å². The molecule has 2 aromatic carbocycles. The quantitative estimate of drug-likeness (QED) is 0.409. The molecule has 0 atom stereocenters. The molecular formula is C24H24N6O4S. The second kappa shape index (κ2) is 7.79. The molecule has 0 saturated heterocycles. The summed E-state index contributed by atoms with van der Waals surface area (Å²) in [6, 6.07) is 13.7. The SMILES string of the molecule is Cc1ccccc1Cn1c(=O)c2c(nc3n(-c4ccc(S(N)(=O)=O)cc4)c(C)c(C)n23)n(C)c1=O. The standard InChI is InChI=1S/C24H24N6O4S/c1-14-7-5-6-8-17(14)13-28-22(31)20-21(27(4)24(28)32)26-23-29(15(2)16(3)30(20)23)18-9-11-19(12-10-18)35(25,33)34/h5-12H,13H2,1-4H3,(H2,25,33,34). The van der Waals surface area contributed by atoms with E-state index in [1.165, 1.54) is 21.3 Å². The average Bonchev–Trinajstić information content (AvgIpc) is 3.31. The Labute approximate surface area is 200 Å². The summed E-state index contributed by atoms with van der Waals surface area (Å²) in [6.45, 7) is 5.84. The van der Waals surface area contributed by atoms with Crippen LogP contribution in [0.5, 0.6) is 0 Å². The zero-order valence-corrected chi connectivity index (χ0v) is 20.5. The van der Waals surface area contributed by atoms with E-state index in [2.05, 4.69) is 4.98 Å². The molecule has 5 rings (SSSR count). The van der Waals surface area contributed by atoms with Crippen molar-refractivity contribution in [3.8, 4) is 5.69 Å². The van der Waals surface area contributed by atoms with Crippen LogP contribution < -0.4 is 16.4 Å². The molecule has 10 nitrogen and oxygen atoms in total. The number of benzene rings is 2. The lowest BCUT2D eigenvalue weighted by Crippen LogP contribution is -2.39. The first kappa shape index (κ1) is 22.8. The van der Waals surface area contributed by atoms with Gasteiger partial charge in [-0.2, -0.15) is 4.98 Å². The molecule has 11 heteroatoms. The van der Waals surface area contributed by atoms with E-state index in [9.17, 15) is 18.0 Å². The Morgan fingerprint density at radius 2 is 1.60 bits per heavy atom. The Morgan fingerprint density at radius 3 is 2.23 bits per heavy atom. The average molecular weight is 493 g/mol. The Kier molecular flexibility index (Phi) is 5.08. The molecule has 0 aliphatic heterocycles. The van der Waals surface area contributed by atoms with Crippen LogP contribution >= 0.6 is 0 Å². The van der Waals surface area contributed by atoms with Gasteiger partial charge in [-0.3, -0.25) is 22.9 Å². The van der Waals surface area contributed by atoms with Crippen molar-refractivity contribution in [1.29, 1.82) is 0 Å². The van der Waals surface area contributed by atoms with Gasteiger partial charge in [0, 0.05) is 24.1 Å². The van der Waals surface area contributed by atoms with Gasteiger partial charge in [0.15, 0.2) is 11.2 Å². The van der Waals surface area contributed by atoms with Crippen LogP contribution in [0, 0.1) is 20.8 Å². The number of imidazole rings is 2. The molecule has 0 bridgehead atoms. The lowest BCUT2D eigenvalue weighted by atomic mass is 10.1. The summed E-state index contributed by atoms with van der Waals surface area (Å²) >= 11 is 0. The molecule has 0 amide bonds. The van der Waals surface area contributed by atoms with Gasteiger partial charge in [0.2, 0.25) is 15.8 Å². The molecule has 0 aliphatic carbocycles. The van der Waals surface area contributed by atoms with Gasteiger partial charge in [-0.15, -0.1) is 0 Å². The van der Waals surface area contributed by atoms with E-state index < -0.39 is 21.3 Å². The van der Waals surface area contributed by atoms with Crippen molar-refractivity contribution in [2.75, 3.05) is 0 Å². The second-order valence-corrected chi connectivity index (χ2v) is 10.2. The summed E-state index contributed by atoms with van der Waals surface area (Å²) in [5, 5.41) is 5.23. The normalized spacial score (nSPS) is 12.1. The van der Waals surface area contributed by atoms with Crippen molar-refractivity contribution in [2.45, 2.75) is 32.2 Å². The number of aromatic nitrogens is 5. The van der Waals surface area contributed by atoms with Crippen LogP contribution in [0.4, 0.5) is 0 Å². The zero-order chi connectivity index (χ0) is 25.2. The monoisotopic (exact) mass is 492 g/mol. The van der Waals surface area contributed by atoms with Crippen molar-refractivity contribution in [3.05, 3.63) is 91.9 Å². The largest absolute Gasteiger partial charge is 0.332 e. The number of rotatable bonds is 4. The minimum absolute atomic E-state index is 0.00575. The van der Waals surface area contributed by atoms with E-state index in [0.717, 1.165) is 22.5 Å². The van der Waals surface area contributed by atoms with Crippen LogP contribution in [0.2, 0.25) is 0 Å². The molecule has 0 spiro atoms. The topological polar surface area (TPSA) is 126 Å². The summed E-state index contributed by atoms with van der Waals surface area (Å²) in [6.07, 6.45) is 0. The van der Waals surface area contributed by atoms with E-state index >= 15 is 0 Å². The highest BCUT2D eigenvalue weighted by molar-refractivity contribution is 7.89. The van der Waals surface area contributed by atoms with Gasteiger partial charge < -0.3 is 0 Å². The van der Waals surface area contributed by atoms with Gasteiger partial charge in [0.25, 0.3) is 5.56 Å². The van der Waals surface area contributed by atoms with Crippen molar-refractivity contribution >= 4 is 27.0 Å². The predicted octanol–water partition coefficient (Wildman–Crippen LogP) is 1.76. The van der Waals surface area contributed by atoms with Crippen LogP contribution in [-0.4, -0.2) is 31.5 Å². The van der Waals surface area contributed by atoms with Crippen LogP contribution in [-0.2, 0) is 23.6 Å². The number of primary sulfonamides is 1. The van der Waals surface area contributed by atoms with Gasteiger partial charge in [-0.05, 0) is 56.2 Å². The van der Waals surface area contributed by atoms with E-state index in [1.54, 1.807) is 23.6 Å². The summed E-state index contributed by atoms with van der Waals surface area (Å²) in [5.74, 6) is 0.444. The van der Waals surface area contributed by atoms with Crippen molar-refractivity contribution in [1.82, 2.24) is 23.1 Å². The van der Waals surface area contributed by atoms with Gasteiger partial charge >= 0.3 is 5.69 Å². The highest BCUT2D eigenvalue weighted by atomic mass is 32.2. The third-order valence-electron chi connectivity index (χ3n) is 6.53. The highest BCUT2D eigenvalue weighted by Crippen LogP contribution is 2.25. The first-order valence-corrected chi connectivity index (χ1v) is 12.4. The zero-order valence-electron chi connectivity index (χ0n) is 19.7. The first-order valence-electron chi connectivity index (χ1n) is 10.9. The number of nitrogens with two attached hydrogens (primary N) is 1. The molecule has 2 N–H and O–H groups in total. The minimum Gasteiger partial charge on any atom is -0.283 e. The van der Waals surface area contributed by atoms with E-state index in [1.807, 2.05) is 49.6 Å². The second-order valence-electron chi connectivity index (χ2n) is 8.62. The number of aryl methyl sites for hydroxylation is 3. The smallest absolute Gasteiger partial charge is 0.283 e. The van der Waals surface area contributed by atoms with Crippen LogP contribution in [0.3, 0.4) is 0 Å². The van der Waals surface area contributed by atoms with Gasteiger partial charge in [-0.1, -0.05) is 24.3 Å². The van der Waals surface area contributed by atoms with E-state index in [4.69, 9.17) is 5.14 Å². The Balaban J connectivity index is 1.80. The first-order chi connectivity index (χ1) is 16.5. The molecular weight excluding hydrogens is 468 g/mol. The number of fused-ring (bicyclic) bond motifs is 3. The third kappa shape index (κ3) is 3.43.